The third-order valence-corrected chi connectivity index (χ3v) is 3.72. The van der Waals surface area contributed by atoms with Crippen molar-refractivity contribution in [2.24, 2.45) is 0 Å². The fourth-order valence-corrected chi connectivity index (χ4v) is 2.72. The summed E-state index contributed by atoms with van der Waals surface area (Å²) in [6.07, 6.45) is 2.38. The van der Waals surface area contributed by atoms with Gasteiger partial charge in [0, 0.05) is 42.4 Å². The lowest BCUT2D eigenvalue weighted by Crippen LogP contribution is -2.29. The maximum Gasteiger partial charge on any atom is 0.239 e. The van der Waals surface area contributed by atoms with E-state index in [4.69, 9.17) is 4.74 Å². The van der Waals surface area contributed by atoms with E-state index in [1.54, 1.807) is 7.11 Å². The molecule has 0 unspecified atom stereocenters. The van der Waals surface area contributed by atoms with Gasteiger partial charge in [-0.15, -0.1) is 0 Å². The molecule has 5 nitrogen and oxygen atoms in total. The van der Waals surface area contributed by atoms with Gasteiger partial charge >= 0.3 is 0 Å². The highest BCUT2D eigenvalue weighted by Gasteiger charge is 2.16. The van der Waals surface area contributed by atoms with Crippen LogP contribution in [0.1, 0.15) is 29.4 Å². The number of methoxy groups -OCH3 is 1. The number of hydrogen-bond donors (Lipinski definition) is 1. The van der Waals surface area contributed by atoms with E-state index in [0.717, 1.165) is 29.3 Å². The zero-order valence-electron chi connectivity index (χ0n) is 13.1. The van der Waals surface area contributed by atoms with Crippen LogP contribution in [0.15, 0.2) is 24.3 Å². The zero-order valence-corrected chi connectivity index (χ0v) is 13.1. The smallest absolute Gasteiger partial charge is 0.239 e. The second kappa shape index (κ2) is 7.75. The number of nitrogens with zero attached hydrogens (tertiary/aromatic N) is 1. The van der Waals surface area contributed by atoms with E-state index in [1.165, 1.54) is 0 Å². The summed E-state index contributed by atoms with van der Waals surface area (Å²) in [5.41, 5.74) is 2.52. The number of benzene rings is 1. The van der Waals surface area contributed by atoms with Crippen LogP contribution in [-0.2, 0) is 22.5 Å². The molecule has 1 aromatic carbocycles. The van der Waals surface area contributed by atoms with Gasteiger partial charge in [-0.1, -0.05) is 25.1 Å². The topological polar surface area (TPSA) is 60.3 Å². The van der Waals surface area contributed by atoms with Crippen molar-refractivity contribution in [1.29, 1.82) is 0 Å². The third kappa shape index (κ3) is 3.36. The quantitative estimate of drug-likeness (QED) is 0.600. The number of nitrogens with one attached hydrogen (secondary N) is 1. The Balaban J connectivity index is 2.23. The molecule has 1 heterocycles. The molecule has 1 N–H and O–H groups in total. The summed E-state index contributed by atoms with van der Waals surface area (Å²) in [6, 6.07) is 7.69. The Morgan fingerprint density at radius 2 is 2.14 bits per heavy atom. The minimum Gasteiger partial charge on any atom is -0.385 e. The third-order valence-electron chi connectivity index (χ3n) is 3.72. The monoisotopic (exact) mass is 302 g/mol. The van der Waals surface area contributed by atoms with E-state index in [-0.39, 0.29) is 12.5 Å². The first-order valence-electron chi connectivity index (χ1n) is 7.53. The van der Waals surface area contributed by atoms with E-state index in [0.29, 0.717) is 25.1 Å². The van der Waals surface area contributed by atoms with Crippen molar-refractivity contribution >= 4 is 23.1 Å². The van der Waals surface area contributed by atoms with Crippen molar-refractivity contribution in [3.05, 3.63) is 35.5 Å². The molecular formula is C17H22N2O3. The maximum atomic E-state index is 12.1. The molecule has 0 aliphatic rings. The van der Waals surface area contributed by atoms with Crippen LogP contribution in [-0.4, -0.2) is 37.0 Å². The van der Waals surface area contributed by atoms with Crippen molar-refractivity contribution in [2.75, 3.05) is 20.3 Å². The predicted molar refractivity (Wildman–Crippen MR) is 86.2 cm³/mol. The number of ether oxygens (including phenoxy) is 1. The molecule has 0 radical (unpaired) electrons. The van der Waals surface area contributed by atoms with Gasteiger partial charge in [0.15, 0.2) is 6.29 Å². The van der Waals surface area contributed by atoms with Crippen molar-refractivity contribution < 1.29 is 14.3 Å². The van der Waals surface area contributed by atoms with Crippen LogP contribution in [0.3, 0.4) is 0 Å². The lowest BCUT2D eigenvalue weighted by molar-refractivity contribution is -0.121. The summed E-state index contributed by atoms with van der Waals surface area (Å²) in [4.78, 5) is 23.5. The van der Waals surface area contributed by atoms with Gasteiger partial charge in [-0.3, -0.25) is 9.59 Å². The summed E-state index contributed by atoms with van der Waals surface area (Å²) < 4.78 is 6.89. The maximum absolute atomic E-state index is 12.1. The minimum absolute atomic E-state index is 0.0518. The van der Waals surface area contributed by atoms with E-state index in [2.05, 4.69) is 5.32 Å². The summed E-state index contributed by atoms with van der Waals surface area (Å²) in [5, 5.41) is 3.79. The number of amides is 1. The molecule has 1 amide bonds. The van der Waals surface area contributed by atoms with E-state index in [9.17, 15) is 9.59 Å². The van der Waals surface area contributed by atoms with Crippen LogP contribution in [0, 0.1) is 0 Å². The highest BCUT2D eigenvalue weighted by Crippen LogP contribution is 2.25. The lowest BCUT2D eigenvalue weighted by Gasteiger charge is -2.10. The Hall–Kier alpha value is -2.14. The molecule has 0 atom stereocenters. The second-order valence-corrected chi connectivity index (χ2v) is 5.13. The summed E-state index contributed by atoms with van der Waals surface area (Å²) in [5.74, 6) is -0.0518. The highest BCUT2D eigenvalue weighted by molar-refractivity contribution is 6.00. The molecule has 2 rings (SSSR count). The van der Waals surface area contributed by atoms with Gasteiger partial charge in [-0.25, -0.2) is 0 Å². The number of carbonyl (C=O) groups excluding carboxylic acids is 2. The first-order chi connectivity index (χ1) is 10.7. The fraction of sp³-hybridized carbons (Fsp3) is 0.412. The Kier molecular flexibility index (Phi) is 5.72. The SMILES string of the molecule is CCc1c(C=O)c2ccccc2n1CC(=O)NCCCOC. The Morgan fingerprint density at radius 3 is 2.82 bits per heavy atom. The van der Waals surface area contributed by atoms with Gasteiger partial charge in [0.25, 0.3) is 0 Å². The van der Waals surface area contributed by atoms with Gasteiger partial charge < -0.3 is 14.6 Å². The number of carbonyl (C=O) groups is 2. The molecule has 118 valence electrons. The van der Waals surface area contributed by atoms with Gasteiger partial charge in [0.2, 0.25) is 5.91 Å². The molecule has 0 aliphatic heterocycles. The first kappa shape index (κ1) is 16.2. The van der Waals surface area contributed by atoms with Crippen LogP contribution in [0.25, 0.3) is 10.9 Å². The minimum atomic E-state index is -0.0518. The van der Waals surface area contributed by atoms with Crippen LogP contribution in [0.5, 0.6) is 0 Å². The molecule has 0 spiro atoms. The average molecular weight is 302 g/mol. The first-order valence-corrected chi connectivity index (χ1v) is 7.53. The Labute approximate surface area is 130 Å². The van der Waals surface area contributed by atoms with E-state index in [1.807, 2.05) is 35.8 Å². The number of hydrogen-bond acceptors (Lipinski definition) is 3. The van der Waals surface area contributed by atoms with Crippen LogP contribution < -0.4 is 5.32 Å². The van der Waals surface area contributed by atoms with Crippen molar-refractivity contribution in [2.45, 2.75) is 26.3 Å². The highest BCUT2D eigenvalue weighted by atomic mass is 16.5. The molecule has 0 saturated heterocycles. The molecule has 1 aromatic heterocycles. The normalized spacial score (nSPS) is 10.8. The number of para-hydroxylation sites is 1. The number of aldehydes is 1. The van der Waals surface area contributed by atoms with Gasteiger partial charge in [-0.2, -0.15) is 0 Å². The standard InChI is InChI=1S/C17H22N2O3/c1-3-15-14(12-20)13-7-4-5-8-16(13)19(15)11-17(21)18-9-6-10-22-2/h4-5,7-8,12H,3,6,9-11H2,1-2H3,(H,18,21). The molecule has 0 saturated carbocycles. The summed E-state index contributed by atoms with van der Waals surface area (Å²) >= 11 is 0. The number of fused-ring (bicyclic) bond motifs is 1. The van der Waals surface area contributed by atoms with Gasteiger partial charge in [0.05, 0.1) is 0 Å². The largest absolute Gasteiger partial charge is 0.385 e. The Bertz CT molecular complexity index is 661. The summed E-state index contributed by atoms with van der Waals surface area (Å²) in [6.45, 7) is 3.44. The summed E-state index contributed by atoms with van der Waals surface area (Å²) in [7, 11) is 1.64. The Morgan fingerprint density at radius 1 is 1.36 bits per heavy atom. The average Bonchev–Trinajstić information content (AvgIpc) is 2.84. The van der Waals surface area contributed by atoms with E-state index < -0.39 is 0 Å². The fourth-order valence-electron chi connectivity index (χ4n) is 2.72. The molecule has 0 aliphatic carbocycles. The number of rotatable bonds is 8. The second-order valence-electron chi connectivity index (χ2n) is 5.13. The van der Waals surface area contributed by atoms with Crippen molar-refractivity contribution in [3.8, 4) is 0 Å². The van der Waals surface area contributed by atoms with Crippen molar-refractivity contribution in [3.63, 3.8) is 0 Å². The zero-order chi connectivity index (χ0) is 15.9. The molecule has 0 bridgehead atoms. The molecule has 22 heavy (non-hydrogen) atoms. The molecular weight excluding hydrogens is 280 g/mol. The predicted octanol–water partition coefficient (Wildman–Crippen LogP) is 2.17. The molecule has 2 aromatic rings. The molecule has 0 fully saturated rings. The van der Waals surface area contributed by atoms with Gasteiger partial charge in [-0.05, 0) is 18.9 Å². The van der Waals surface area contributed by atoms with Crippen LogP contribution in [0.4, 0.5) is 0 Å². The van der Waals surface area contributed by atoms with E-state index >= 15 is 0 Å². The number of aromatic nitrogens is 1. The van der Waals surface area contributed by atoms with Gasteiger partial charge in [0.1, 0.15) is 6.54 Å². The van der Waals surface area contributed by atoms with Crippen LogP contribution >= 0.6 is 0 Å². The van der Waals surface area contributed by atoms with Crippen molar-refractivity contribution in [1.82, 2.24) is 9.88 Å². The lowest BCUT2D eigenvalue weighted by atomic mass is 10.1. The van der Waals surface area contributed by atoms with Crippen LogP contribution in [0.2, 0.25) is 0 Å². The molecule has 5 heteroatoms.